The normalized spacial score (nSPS) is 11.1. The molecule has 0 fully saturated rings. The van der Waals surface area contributed by atoms with Gasteiger partial charge in [-0.3, -0.25) is 4.99 Å². The van der Waals surface area contributed by atoms with Crippen molar-refractivity contribution in [3.8, 4) is 5.75 Å². The van der Waals surface area contributed by atoms with Gasteiger partial charge in [0, 0.05) is 11.8 Å². The molecule has 0 aromatic heterocycles. The Morgan fingerprint density at radius 3 is 2.62 bits per heavy atom. The SMILES string of the molecule is Cc1ccc(C)c(N=Cc2ccc(OCc3ccccc3F)c(Cl)c2)c1. The number of hydrogen-bond donors (Lipinski definition) is 0. The van der Waals surface area contributed by atoms with Crippen LogP contribution in [0.3, 0.4) is 0 Å². The van der Waals surface area contributed by atoms with E-state index in [1.165, 1.54) is 6.07 Å². The number of halogens is 2. The average molecular weight is 368 g/mol. The molecular formula is C22H19ClFNO. The predicted octanol–water partition coefficient (Wildman–Crippen LogP) is 6.43. The van der Waals surface area contributed by atoms with Crippen molar-refractivity contribution >= 4 is 23.5 Å². The van der Waals surface area contributed by atoms with Crippen molar-refractivity contribution in [2.45, 2.75) is 20.5 Å². The topological polar surface area (TPSA) is 21.6 Å². The van der Waals surface area contributed by atoms with Gasteiger partial charge >= 0.3 is 0 Å². The number of aryl methyl sites for hydroxylation is 2. The van der Waals surface area contributed by atoms with Crippen molar-refractivity contribution in [3.63, 3.8) is 0 Å². The molecule has 0 atom stereocenters. The van der Waals surface area contributed by atoms with Gasteiger partial charge in [0.15, 0.2) is 0 Å². The Labute approximate surface area is 157 Å². The highest BCUT2D eigenvalue weighted by Gasteiger charge is 2.06. The fourth-order valence-electron chi connectivity index (χ4n) is 2.49. The first-order valence-corrected chi connectivity index (χ1v) is 8.68. The van der Waals surface area contributed by atoms with Crippen molar-refractivity contribution in [2.75, 3.05) is 0 Å². The number of benzene rings is 3. The second kappa shape index (κ2) is 8.15. The summed E-state index contributed by atoms with van der Waals surface area (Å²) in [6, 6.07) is 18.1. The molecule has 0 saturated carbocycles. The summed E-state index contributed by atoms with van der Waals surface area (Å²) in [5, 5.41) is 0.464. The Bertz CT molecular complexity index is 953. The van der Waals surface area contributed by atoms with Gasteiger partial charge in [0.05, 0.1) is 10.7 Å². The monoisotopic (exact) mass is 367 g/mol. The van der Waals surface area contributed by atoms with Gasteiger partial charge in [0.2, 0.25) is 0 Å². The Balaban J connectivity index is 1.72. The Morgan fingerprint density at radius 1 is 1.04 bits per heavy atom. The van der Waals surface area contributed by atoms with Crippen LogP contribution >= 0.6 is 11.6 Å². The maximum atomic E-state index is 13.6. The van der Waals surface area contributed by atoms with Gasteiger partial charge in [-0.15, -0.1) is 0 Å². The van der Waals surface area contributed by atoms with E-state index in [-0.39, 0.29) is 12.4 Å². The maximum Gasteiger partial charge on any atom is 0.138 e. The molecule has 132 valence electrons. The standard InChI is InChI=1S/C22H19ClFNO/c1-15-7-8-16(2)21(11-15)25-13-17-9-10-22(19(23)12-17)26-14-18-5-3-4-6-20(18)24/h3-13H,14H2,1-2H3. The lowest BCUT2D eigenvalue weighted by Gasteiger charge is -2.09. The molecule has 0 aliphatic heterocycles. The largest absolute Gasteiger partial charge is 0.487 e. The molecule has 0 N–H and O–H groups in total. The molecule has 0 spiro atoms. The number of hydrogen-bond acceptors (Lipinski definition) is 2. The van der Waals surface area contributed by atoms with E-state index in [0.29, 0.717) is 16.3 Å². The van der Waals surface area contributed by atoms with Crippen molar-refractivity contribution in [1.29, 1.82) is 0 Å². The molecule has 0 heterocycles. The Morgan fingerprint density at radius 2 is 1.85 bits per heavy atom. The quantitative estimate of drug-likeness (QED) is 0.476. The summed E-state index contributed by atoms with van der Waals surface area (Å²) in [5.41, 5.74) is 4.57. The highest BCUT2D eigenvalue weighted by Crippen LogP contribution is 2.27. The molecule has 26 heavy (non-hydrogen) atoms. The maximum absolute atomic E-state index is 13.6. The number of ether oxygens (including phenoxy) is 1. The Hall–Kier alpha value is -2.65. The van der Waals surface area contributed by atoms with E-state index < -0.39 is 0 Å². The van der Waals surface area contributed by atoms with Gasteiger partial charge in [-0.25, -0.2) is 4.39 Å². The molecule has 0 aliphatic carbocycles. The summed E-state index contributed by atoms with van der Waals surface area (Å²) in [4.78, 5) is 4.54. The number of rotatable bonds is 5. The molecule has 4 heteroatoms. The second-order valence-electron chi connectivity index (χ2n) is 6.12. The first-order valence-electron chi connectivity index (χ1n) is 8.30. The molecule has 3 rings (SSSR count). The van der Waals surface area contributed by atoms with Crippen LogP contribution in [0, 0.1) is 19.7 Å². The zero-order chi connectivity index (χ0) is 18.5. The molecule has 0 amide bonds. The van der Waals surface area contributed by atoms with Crippen LogP contribution in [0.1, 0.15) is 22.3 Å². The minimum absolute atomic E-state index is 0.127. The highest BCUT2D eigenvalue weighted by atomic mass is 35.5. The average Bonchev–Trinajstić information content (AvgIpc) is 2.63. The van der Waals surface area contributed by atoms with E-state index in [0.717, 1.165) is 22.4 Å². The van der Waals surface area contributed by atoms with Crippen molar-refractivity contribution in [2.24, 2.45) is 4.99 Å². The second-order valence-corrected chi connectivity index (χ2v) is 6.53. The first-order chi connectivity index (χ1) is 12.5. The summed E-state index contributed by atoms with van der Waals surface area (Å²) < 4.78 is 19.3. The molecule has 2 nitrogen and oxygen atoms in total. The Kier molecular flexibility index (Phi) is 5.69. The molecular weight excluding hydrogens is 349 g/mol. The molecule has 0 aliphatic rings. The third kappa shape index (κ3) is 4.50. The molecule has 3 aromatic rings. The van der Waals surface area contributed by atoms with Gasteiger partial charge in [0.25, 0.3) is 0 Å². The summed E-state index contributed by atoms with van der Waals surface area (Å²) in [7, 11) is 0. The fourth-order valence-corrected chi connectivity index (χ4v) is 2.73. The summed E-state index contributed by atoms with van der Waals surface area (Å²) >= 11 is 6.29. The third-order valence-electron chi connectivity index (χ3n) is 4.01. The van der Waals surface area contributed by atoms with Gasteiger partial charge in [-0.05, 0) is 60.9 Å². The number of nitrogens with zero attached hydrogens (tertiary/aromatic N) is 1. The van der Waals surface area contributed by atoms with Crippen LogP contribution in [-0.2, 0) is 6.61 Å². The van der Waals surface area contributed by atoms with Gasteiger partial charge in [-0.1, -0.05) is 41.9 Å². The zero-order valence-corrected chi connectivity index (χ0v) is 15.4. The third-order valence-corrected chi connectivity index (χ3v) is 4.31. The summed E-state index contributed by atoms with van der Waals surface area (Å²) in [6.07, 6.45) is 1.77. The molecule has 0 saturated heterocycles. The van der Waals surface area contributed by atoms with Crippen LogP contribution in [0.2, 0.25) is 5.02 Å². The highest BCUT2D eigenvalue weighted by molar-refractivity contribution is 6.32. The van der Waals surface area contributed by atoms with Gasteiger partial charge in [-0.2, -0.15) is 0 Å². The lowest BCUT2D eigenvalue weighted by molar-refractivity contribution is 0.300. The van der Waals surface area contributed by atoms with E-state index in [2.05, 4.69) is 17.1 Å². The van der Waals surface area contributed by atoms with E-state index in [1.54, 1.807) is 36.5 Å². The van der Waals surface area contributed by atoms with Crippen molar-refractivity contribution in [3.05, 3.63) is 93.8 Å². The van der Waals surface area contributed by atoms with Crippen LogP contribution in [0.5, 0.6) is 5.75 Å². The van der Waals surface area contributed by atoms with Crippen LogP contribution < -0.4 is 4.74 Å². The zero-order valence-electron chi connectivity index (χ0n) is 14.7. The van der Waals surface area contributed by atoms with Crippen molar-refractivity contribution < 1.29 is 9.13 Å². The van der Waals surface area contributed by atoms with Crippen LogP contribution in [0.15, 0.2) is 65.7 Å². The summed E-state index contributed by atoms with van der Waals surface area (Å²) in [5.74, 6) is 0.222. The van der Waals surface area contributed by atoms with Crippen LogP contribution in [-0.4, -0.2) is 6.21 Å². The number of aliphatic imine (C=N–C) groups is 1. The molecule has 0 radical (unpaired) electrons. The molecule has 0 unspecified atom stereocenters. The van der Waals surface area contributed by atoms with Gasteiger partial charge in [0.1, 0.15) is 18.2 Å². The van der Waals surface area contributed by atoms with Crippen LogP contribution in [0.4, 0.5) is 10.1 Å². The predicted molar refractivity (Wildman–Crippen MR) is 105 cm³/mol. The van der Waals surface area contributed by atoms with E-state index in [4.69, 9.17) is 16.3 Å². The van der Waals surface area contributed by atoms with E-state index >= 15 is 0 Å². The lowest BCUT2D eigenvalue weighted by atomic mass is 10.1. The van der Waals surface area contributed by atoms with E-state index in [9.17, 15) is 4.39 Å². The van der Waals surface area contributed by atoms with E-state index in [1.807, 2.05) is 26.0 Å². The molecule has 0 bridgehead atoms. The minimum atomic E-state index is -0.291. The van der Waals surface area contributed by atoms with Crippen LogP contribution in [0.25, 0.3) is 0 Å². The van der Waals surface area contributed by atoms with Crippen molar-refractivity contribution in [1.82, 2.24) is 0 Å². The fraction of sp³-hybridized carbons (Fsp3) is 0.136. The smallest absolute Gasteiger partial charge is 0.138 e. The van der Waals surface area contributed by atoms with Gasteiger partial charge < -0.3 is 4.74 Å². The summed E-state index contributed by atoms with van der Waals surface area (Å²) in [6.45, 7) is 4.19. The first kappa shape index (κ1) is 18.2. The lowest BCUT2D eigenvalue weighted by Crippen LogP contribution is -1.99. The molecule has 3 aromatic carbocycles. The minimum Gasteiger partial charge on any atom is -0.487 e.